The van der Waals surface area contributed by atoms with Gasteiger partial charge in [-0.05, 0) is 37.1 Å². The summed E-state index contributed by atoms with van der Waals surface area (Å²) in [7, 11) is 0. The van der Waals surface area contributed by atoms with E-state index in [4.69, 9.17) is 0 Å². The summed E-state index contributed by atoms with van der Waals surface area (Å²) in [6.07, 6.45) is 1.36. The molecule has 2 amide bonds. The van der Waals surface area contributed by atoms with Crippen LogP contribution in [-0.4, -0.2) is 39.4 Å². The van der Waals surface area contributed by atoms with Crippen molar-refractivity contribution >= 4 is 28.4 Å². The molecule has 8 nitrogen and oxygen atoms in total. The van der Waals surface area contributed by atoms with Gasteiger partial charge in [0.25, 0.3) is 5.56 Å². The van der Waals surface area contributed by atoms with Crippen LogP contribution in [0.25, 0.3) is 10.9 Å². The number of hydrogen-bond acceptors (Lipinski definition) is 4. The van der Waals surface area contributed by atoms with Gasteiger partial charge in [0.2, 0.25) is 11.8 Å². The molecule has 3 aromatic rings. The van der Waals surface area contributed by atoms with Gasteiger partial charge in [-0.3, -0.25) is 23.9 Å². The van der Waals surface area contributed by atoms with Crippen molar-refractivity contribution < 1.29 is 9.59 Å². The molecule has 0 saturated carbocycles. The molecule has 2 heterocycles. The third kappa shape index (κ3) is 4.58. The van der Waals surface area contributed by atoms with Gasteiger partial charge in [0.1, 0.15) is 0 Å². The Balaban J connectivity index is 1.34. The van der Waals surface area contributed by atoms with Crippen LogP contribution in [0.1, 0.15) is 19.3 Å². The van der Waals surface area contributed by atoms with Crippen LogP contribution in [0.4, 0.5) is 5.69 Å². The van der Waals surface area contributed by atoms with E-state index in [1.54, 1.807) is 29.2 Å². The molecular formula is C23H24N4O4. The topological polar surface area (TPSA) is 104 Å². The minimum absolute atomic E-state index is 0.0236. The van der Waals surface area contributed by atoms with Gasteiger partial charge in [0, 0.05) is 37.7 Å². The maximum Gasteiger partial charge on any atom is 0.328 e. The molecule has 0 aliphatic carbocycles. The Labute approximate surface area is 178 Å². The standard InChI is InChI=1S/C23H24N4O4/c28-20(12-15-27-19-9-5-4-8-18(19)22(30)25-23(27)31)26-13-10-16(11-14-26)21(29)24-17-6-2-1-3-7-17/h1-9,16H,10-15H2,(H,24,29)(H,25,30,31). The third-order valence-electron chi connectivity index (χ3n) is 5.71. The second-order valence-electron chi connectivity index (χ2n) is 7.69. The van der Waals surface area contributed by atoms with Crippen LogP contribution in [0.3, 0.4) is 0 Å². The lowest BCUT2D eigenvalue weighted by Crippen LogP contribution is -2.42. The van der Waals surface area contributed by atoms with Gasteiger partial charge >= 0.3 is 5.69 Å². The first kappa shape index (κ1) is 20.6. The number of piperidine rings is 1. The van der Waals surface area contributed by atoms with Crippen molar-refractivity contribution in [1.82, 2.24) is 14.5 Å². The summed E-state index contributed by atoms with van der Waals surface area (Å²) in [6, 6.07) is 16.2. The normalized spacial score (nSPS) is 14.5. The average Bonchev–Trinajstić information content (AvgIpc) is 2.79. The second kappa shape index (κ2) is 8.99. The number of amides is 2. The molecule has 0 atom stereocenters. The molecule has 8 heteroatoms. The van der Waals surface area contributed by atoms with Crippen LogP contribution in [0.2, 0.25) is 0 Å². The molecule has 0 radical (unpaired) electrons. The van der Waals surface area contributed by atoms with Gasteiger partial charge in [-0.1, -0.05) is 30.3 Å². The number of carbonyl (C=O) groups excluding carboxylic acids is 2. The Morgan fingerprint density at radius 2 is 1.65 bits per heavy atom. The van der Waals surface area contributed by atoms with Crippen LogP contribution < -0.4 is 16.6 Å². The molecular weight excluding hydrogens is 396 g/mol. The first-order valence-corrected chi connectivity index (χ1v) is 10.4. The summed E-state index contributed by atoms with van der Waals surface area (Å²) in [4.78, 5) is 53.4. The first-order chi connectivity index (χ1) is 15.0. The Bertz CT molecular complexity index is 1210. The van der Waals surface area contributed by atoms with Crippen molar-refractivity contribution in [3.63, 3.8) is 0 Å². The summed E-state index contributed by atoms with van der Waals surface area (Å²) in [6.45, 7) is 1.20. The summed E-state index contributed by atoms with van der Waals surface area (Å²) >= 11 is 0. The van der Waals surface area contributed by atoms with Crippen molar-refractivity contribution in [2.45, 2.75) is 25.8 Å². The molecule has 2 N–H and O–H groups in total. The highest BCUT2D eigenvalue weighted by atomic mass is 16.2. The average molecular weight is 420 g/mol. The highest BCUT2D eigenvalue weighted by Crippen LogP contribution is 2.20. The first-order valence-electron chi connectivity index (χ1n) is 10.4. The molecule has 0 unspecified atom stereocenters. The number of nitrogens with one attached hydrogen (secondary N) is 2. The molecule has 160 valence electrons. The van der Waals surface area contributed by atoms with E-state index in [-0.39, 0.29) is 30.7 Å². The Morgan fingerprint density at radius 3 is 2.39 bits per heavy atom. The van der Waals surface area contributed by atoms with Crippen molar-refractivity contribution in [2.75, 3.05) is 18.4 Å². The highest BCUT2D eigenvalue weighted by molar-refractivity contribution is 5.92. The van der Waals surface area contributed by atoms with E-state index in [0.717, 1.165) is 5.69 Å². The highest BCUT2D eigenvalue weighted by Gasteiger charge is 2.27. The zero-order chi connectivity index (χ0) is 21.8. The van der Waals surface area contributed by atoms with E-state index in [0.29, 0.717) is 36.8 Å². The van der Waals surface area contributed by atoms with Crippen LogP contribution in [0.5, 0.6) is 0 Å². The molecule has 31 heavy (non-hydrogen) atoms. The van der Waals surface area contributed by atoms with E-state index < -0.39 is 11.2 Å². The largest absolute Gasteiger partial charge is 0.343 e. The molecule has 1 fully saturated rings. The van der Waals surface area contributed by atoms with Crippen LogP contribution in [-0.2, 0) is 16.1 Å². The zero-order valence-corrected chi connectivity index (χ0v) is 17.0. The number of para-hydroxylation sites is 2. The fraction of sp³-hybridized carbons (Fsp3) is 0.304. The molecule has 1 saturated heterocycles. The van der Waals surface area contributed by atoms with Gasteiger partial charge < -0.3 is 10.2 Å². The van der Waals surface area contributed by atoms with E-state index >= 15 is 0 Å². The van der Waals surface area contributed by atoms with Crippen molar-refractivity contribution in [3.05, 3.63) is 75.4 Å². The number of H-pyrrole nitrogens is 1. The Kier molecular flexibility index (Phi) is 5.97. The number of rotatable bonds is 5. The smallest absolute Gasteiger partial charge is 0.328 e. The number of aryl methyl sites for hydroxylation is 1. The van der Waals surface area contributed by atoms with E-state index in [1.165, 1.54) is 4.57 Å². The fourth-order valence-corrected chi connectivity index (χ4v) is 3.99. The fourth-order valence-electron chi connectivity index (χ4n) is 3.99. The summed E-state index contributed by atoms with van der Waals surface area (Å²) < 4.78 is 1.43. The SMILES string of the molecule is O=C(Nc1ccccc1)C1CCN(C(=O)CCn2c(=O)[nH]c(=O)c3ccccc32)CC1. The number of aromatic amines is 1. The third-order valence-corrected chi connectivity index (χ3v) is 5.71. The van der Waals surface area contributed by atoms with E-state index in [1.807, 2.05) is 30.3 Å². The van der Waals surface area contributed by atoms with Gasteiger partial charge in [-0.2, -0.15) is 0 Å². The lowest BCUT2D eigenvalue weighted by molar-refractivity contribution is -0.134. The molecule has 2 aromatic carbocycles. The number of aromatic nitrogens is 2. The van der Waals surface area contributed by atoms with E-state index in [2.05, 4.69) is 10.3 Å². The molecule has 0 spiro atoms. The number of carbonyl (C=O) groups is 2. The second-order valence-corrected chi connectivity index (χ2v) is 7.69. The van der Waals surface area contributed by atoms with Gasteiger partial charge in [0.05, 0.1) is 10.9 Å². The molecule has 1 aromatic heterocycles. The number of hydrogen-bond donors (Lipinski definition) is 2. The predicted molar refractivity (Wildman–Crippen MR) is 118 cm³/mol. The number of fused-ring (bicyclic) bond motifs is 1. The maximum absolute atomic E-state index is 12.7. The van der Waals surface area contributed by atoms with Gasteiger partial charge in [-0.25, -0.2) is 4.79 Å². The minimum atomic E-state index is -0.521. The predicted octanol–water partition coefficient (Wildman–Crippen LogP) is 1.96. The Hall–Kier alpha value is -3.68. The summed E-state index contributed by atoms with van der Waals surface area (Å²) in [5.74, 6) is -0.219. The number of likely N-dealkylation sites (tertiary alicyclic amines) is 1. The Morgan fingerprint density at radius 1 is 0.968 bits per heavy atom. The summed E-state index contributed by atoms with van der Waals surface area (Å²) in [5, 5.41) is 3.34. The summed E-state index contributed by atoms with van der Waals surface area (Å²) in [5.41, 5.74) is 0.330. The lowest BCUT2D eigenvalue weighted by Gasteiger charge is -2.31. The van der Waals surface area contributed by atoms with Gasteiger partial charge in [0.15, 0.2) is 0 Å². The minimum Gasteiger partial charge on any atom is -0.343 e. The van der Waals surface area contributed by atoms with Crippen LogP contribution in [0.15, 0.2) is 64.2 Å². The van der Waals surface area contributed by atoms with Crippen LogP contribution >= 0.6 is 0 Å². The van der Waals surface area contributed by atoms with Crippen LogP contribution in [0, 0.1) is 5.92 Å². The molecule has 0 bridgehead atoms. The molecule has 1 aliphatic heterocycles. The molecule has 1 aliphatic rings. The maximum atomic E-state index is 12.7. The van der Waals surface area contributed by atoms with E-state index in [9.17, 15) is 19.2 Å². The monoisotopic (exact) mass is 420 g/mol. The number of nitrogens with zero attached hydrogens (tertiary/aromatic N) is 2. The lowest BCUT2D eigenvalue weighted by atomic mass is 9.95. The number of anilines is 1. The number of benzene rings is 2. The molecule has 4 rings (SSSR count). The quantitative estimate of drug-likeness (QED) is 0.658. The van der Waals surface area contributed by atoms with Crippen molar-refractivity contribution in [2.24, 2.45) is 5.92 Å². The zero-order valence-electron chi connectivity index (χ0n) is 17.0. The van der Waals surface area contributed by atoms with Gasteiger partial charge in [-0.15, -0.1) is 0 Å². The van der Waals surface area contributed by atoms with Crippen molar-refractivity contribution in [1.29, 1.82) is 0 Å². The van der Waals surface area contributed by atoms with Crippen molar-refractivity contribution in [3.8, 4) is 0 Å².